The molecule has 1 unspecified atom stereocenters. The van der Waals surface area contributed by atoms with Gasteiger partial charge in [-0.2, -0.15) is 0 Å². The zero-order chi connectivity index (χ0) is 11.9. The summed E-state index contributed by atoms with van der Waals surface area (Å²) in [5.74, 6) is 0. The summed E-state index contributed by atoms with van der Waals surface area (Å²) < 4.78 is 2.32. The smallest absolute Gasteiger partial charge is 0.0709 e. The molecule has 1 atom stereocenters. The summed E-state index contributed by atoms with van der Waals surface area (Å²) in [7, 11) is 0. The van der Waals surface area contributed by atoms with E-state index in [1.807, 2.05) is 12.4 Å². The van der Waals surface area contributed by atoms with E-state index >= 15 is 0 Å². The molecule has 2 aliphatic heterocycles. The standard InChI is InChI=1S/C15H17N3/c1-2-13-10-14(5-8-17(13)7-1)18-9-4-12-3-6-16-11-15(12)18/h3-6,9,11,13H,1-2,7-8,10H2. The van der Waals surface area contributed by atoms with E-state index in [1.54, 1.807) is 0 Å². The van der Waals surface area contributed by atoms with Gasteiger partial charge in [0, 0.05) is 42.5 Å². The van der Waals surface area contributed by atoms with Crippen LogP contribution in [0.1, 0.15) is 19.3 Å². The Bertz CT molecular complexity index is 611. The maximum atomic E-state index is 4.25. The van der Waals surface area contributed by atoms with Crippen molar-refractivity contribution in [1.29, 1.82) is 0 Å². The molecule has 2 aromatic heterocycles. The molecule has 0 saturated carbocycles. The first-order chi connectivity index (χ1) is 8.92. The Hall–Kier alpha value is -1.61. The molecule has 18 heavy (non-hydrogen) atoms. The van der Waals surface area contributed by atoms with E-state index in [2.05, 4.69) is 38.9 Å². The van der Waals surface area contributed by atoms with Gasteiger partial charge in [-0.1, -0.05) is 6.08 Å². The minimum atomic E-state index is 0.763. The Morgan fingerprint density at radius 1 is 1.28 bits per heavy atom. The van der Waals surface area contributed by atoms with Gasteiger partial charge in [0.25, 0.3) is 0 Å². The van der Waals surface area contributed by atoms with Crippen LogP contribution in [0.3, 0.4) is 0 Å². The summed E-state index contributed by atoms with van der Waals surface area (Å²) in [6.07, 6.45) is 12.3. The minimum Gasteiger partial charge on any atom is -0.319 e. The van der Waals surface area contributed by atoms with Crippen LogP contribution in [0.5, 0.6) is 0 Å². The van der Waals surface area contributed by atoms with Crippen LogP contribution in [0.4, 0.5) is 0 Å². The van der Waals surface area contributed by atoms with Crippen molar-refractivity contribution < 1.29 is 0 Å². The highest BCUT2D eigenvalue weighted by Crippen LogP contribution is 2.31. The highest BCUT2D eigenvalue weighted by atomic mass is 15.2. The van der Waals surface area contributed by atoms with Crippen molar-refractivity contribution in [2.24, 2.45) is 0 Å². The molecule has 0 amide bonds. The summed E-state index contributed by atoms with van der Waals surface area (Å²) in [5, 5.41) is 1.28. The fourth-order valence-electron chi connectivity index (χ4n) is 3.34. The zero-order valence-corrected chi connectivity index (χ0v) is 10.4. The van der Waals surface area contributed by atoms with Crippen LogP contribution in [-0.2, 0) is 0 Å². The predicted molar refractivity (Wildman–Crippen MR) is 73.2 cm³/mol. The van der Waals surface area contributed by atoms with Crippen LogP contribution in [-0.4, -0.2) is 33.6 Å². The Kier molecular flexibility index (Phi) is 2.27. The van der Waals surface area contributed by atoms with E-state index in [1.165, 1.54) is 42.4 Å². The summed E-state index contributed by atoms with van der Waals surface area (Å²) in [6, 6.07) is 5.02. The van der Waals surface area contributed by atoms with Crippen LogP contribution < -0.4 is 0 Å². The third kappa shape index (κ3) is 1.51. The van der Waals surface area contributed by atoms with Crippen molar-refractivity contribution in [3.8, 4) is 0 Å². The van der Waals surface area contributed by atoms with Gasteiger partial charge >= 0.3 is 0 Å². The van der Waals surface area contributed by atoms with E-state index in [0.29, 0.717) is 0 Å². The van der Waals surface area contributed by atoms with E-state index in [-0.39, 0.29) is 0 Å². The molecule has 4 heterocycles. The predicted octanol–water partition coefficient (Wildman–Crippen LogP) is 2.75. The average molecular weight is 239 g/mol. The second-order valence-electron chi connectivity index (χ2n) is 5.31. The molecular formula is C15H17N3. The maximum absolute atomic E-state index is 4.25. The highest BCUT2D eigenvalue weighted by Gasteiger charge is 2.28. The van der Waals surface area contributed by atoms with Gasteiger partial charge in [-0.25, -0.2) is 0 Å². The third-order valence-corrected chi connectivity index (χ3v) is 4.31. The lowest BCUT2D eigenvalue weighted by Crippen LogP contribution is -2.33. The lowest BCUT2D eigenvalue weighted by atomic mass is 10.1. The van der Waals surface area contributed by atoms with Crippen molar-refractivity contribution in [1.82, 2.24) is 14.5 Å². The number of nitrogens with zero attached hydrogens (tertiary/aromatic N) is 3. The van der Waals surface area contributed by atoms with Gasteiger partial charge in [-0.05, 0) is 31.5 Å². The van der Waals surface area contributed by atoms with Crippen molar-refractivity contribution in [3.05, 3.63) is 36.8 Å². The molecule has 0 N–H and O–H groups in total. The van der Waals surface area contributed by atoms with Crippen molar-refractivity contribution in [2.75, 3.05) is 13.1 Å². The van der Waals surface area contributed by atoms with Crippen molar-refractivity contribution in [3.63, 3.8) is 0 Å². The molecule has 0 aromatic carbocycles. The number of hydrogen-bond acceptors (Lipinski definition) is 2. The van der Waals surface area contributed by atoms with Gasteiger partial charge < -0.3 is 4.57 Å². The largest absolute Gasteiger partial charge is 0.319 e. The number of rotatable bonds is 1. The lowest BCUT2D eigenvalue weighted by molar-refractivity contribution is 0.273. The molecule has 0 aliphatic carbocycles. The summed E-state index contributed by atoms with van der Waals surface area (Å²) >= 11 is 0. The lowest BCUT2D eigenvalue weighted by Gasteiger charge is -2.29. The first-order valence-corrected chi connectivity index (χ1v) is 6.76. The molecule has 1 saturated heterocycles. The average Bonchev–Trinajstić information content (AvgIpc) is 3.04. The summed E-state index contributed by atoms with van der Waals surface area (Å²) in [4.78, 5) is 6.85. The van der Waals surface area contributed by atoms with Gasteiger partial charge in [0.05, 0.1) is 11.7 Å². The first kappa shape index (κ1) is 10.3. The van der Waals surface area contributed by atoms with Crippen molar-refractivity contribution in [2.45, 2.75) is 25.3 Å². The molecular weight excluding hydrogens is 222 g/mol. The number of aromatic nitrogens is 2. The number of hydrogen-bond donors (Lipinski definition) is 0. The minimum absolute atomic E-state index is 0.763. The molecule has 0 radical (unpaired) electrons. The van der Waals surface area contributed by atoms with Gasteiger partial charge in [-0.3, -0.25) is 9.88 Å². The number of pyridine rings is 1. The van der Waals surface area contributed by atoms with E-state index < -0.39 is 0 Å². The molecule has 0 spiro atoms. The van der Waals surface area contributed by atoms with Gasteiger partial charge in [0.2, 0.25) is 0 Å². The number of fused-ring (bicyclic) bond motifs is 2. The molecule has 2 aliphatic rings. The van der Waals surface area contributed by atoms with Crippen LogP contribution in [0.15, 0.2) is 36.8 Å². The summed E-state index contributed by atoms with van der Waals surface area (Å²) in [5.41, 5.74) is 2.68. The third-order valence-electron chi connectivity index (χ3n) is 4.31. The molecule has 0 bridgehead atoms. The molecule has 2 aromatic rings. The maximum Gasteiger partial charge on any atom is 0.0709 e. The van der Waals surface area contributed by atoms with Crippen LogP contribution in [0.2, 0.25) is 0 Å². The Labute approximate surface area is 107 Å². The van der Waals surface area contributed by atoms with Crippen LogP contribution >= 0.6 is 0 Å². The van der Waals surface area contributed by atoms with Crippen LogP contribution in [0.25, 0.3) is 16.6 Å². The van der Waals surface area contributed by atoms with Crippen LogP contribution in [0, 0.1) is 0 Å². The van der Waals surface area contributed by atoms with Crippen molar-refractivity contribution >= 4 is 16.6 Å². The monoisotopic (exact) mass is 239 g/mol. The SMILES string of the molecule is C1=C(n2ccc3ccncc32)CC2CCCN2C1. The second-order valence-corrected chi connectivity index (χ2v) is 5.31. The molecule has 3 heteroatoms. The summed E-state index contributed by atoms with van der Waals surface area (Å²) in [6.45, 7) is 2.39. The van der Waals surface area contributed by atoms with Gasteiger partial charge in [0.1, 0.15) is 0 Å². The Balaban J connectivity index is 1.75. The van der Waals surface area contributed by atoms with Gasteiger partial charge in [0.15, 0.2) is 0 Å². The molecule has 3 nitrogen and oxygen atoms in total. The fraction of sp³-hybridized carbons (Fsp3) is 0.400. The second kappa shape index (κ2) is 3.95. The normalized spacial score (nSPS) is 24.2. The zero-order valence-electron chi connectivity index (χ0n) is 10.4. The topological polar surface area (TPSA) is 21.1 Å². The fourth-order valence-corrected chi connectivity index (χ4v) is 3.34. The van der Waals surface area contributed by atoms with E-state index in [0.717, 1.165) is 12.6 Å². The Morgan fingerprint density at radius 3 is 3.28 bits per heavy atom. The quantitative estimate of drug-likeness (QED) is 0.763. The Morgan fingerprint density at radius 2 is 2.28 bits per heavy atom. The first-order valence-electron chi connectivity index (χ1n) is 6.76. The molecule has 4 rings (SSSR count). The molecule has 92 valence electrons. The van der Waals surface area contributed by atoms with E-state index in [9.17, 15) is 0 Å². The van der Waals surface area contributed by atoms with E-state index in [4.69, 9.17) is 0 Å². The van der Waals surface area contributed by atoms with Gasteiger partial charge in [-0.15, -0.1) is 0 Å². The highest BCUT2D eigenvalue weighted by molar-refractivity contribution is 5.82. The molecule has 1 fully saturated rings.